The first-order valence-corrected chi connectivity index (χ1v) is 7.93. The minimum absolute atomic E-state index is 0.0598. The molecule has 0 bridgehead atoms. The lowest BCUT2D eigenvalue weighted by Crippen LogP contribution is -2.35. The molecule has 0 unspecified atom stereocenters. The third-order valence-corrected chi connectivity index (χ3v) is 4.20. The molecular weight excluding hydrogens is 388 g/mol. The number of fused-ring (bicyclic) bond motifs is 2. The second-order valence-corrected chi connectivity index (χ2v) is 6.03. The molecule has 1 amide bonds. The molecular formula is C16H10ClF2N3O5. The van der Waals surface area contributed by atoms with Gasteiger partial charge in [0.1, 0.15) is 6.54 Å². The topological polar surface area (TPSA) is 86.8 Å². The van der Waals surface area contributed by atoms with Gasteiger partial charge in [-0.2, -0.15) is 5.10 Å². The third kappa shape index (κ3) is 2.97. The van der Waals surface area contributed by atoms with E-state index in [4.69, 9.17) is 16.0 Å². The summed E-state index contributed by atoms with van der Waals surface area (Å²) in [6.07, 6.45) is -2.46. The molecule has 11 heteroatoms. The van der Waals surface area contributed by atoms with Gasteiger partial charge in [-0.25, -0.2) is 4.68 Å². The predicted octanol–water partition coefficient (Wildman–Crippen LogP) is 2.63. The number of halogens is 3. The van der Waals surface area contributed by atoms with Crippen LogP contribution >= 0.6 is 11.6 Å². The van der Waals surface area contributed by atoms with Gasteiger partial charge in [0.2, 0.25) is 5.91 Å². The molecule has 3 aromatic rings. The maximum Gasteiger partial charge on any atom is 0.586 e. The fourth-order valence-corrected chi connectivity index (χ4v) is 2.84. The Bertz CT molecular complexity index is 1130. The van der Waals surface area contributed by atoms with Crippen LogP contribution in [0, 0.1) is 0 Å². The highest BCUT2D eigenvalue weighted by atomic mass is 35.5. The number of rotatable bonds is 3. The lowest BCUT2D eigenvalue weighted by Gasteiger charge is -2.18. The summed E-state index contributed by atoms with van der Waals surface area (Å²) >= 11 is 5.96. The van der Waals surface area contributed by atoms with Crippen molar-refractivity contribution in [3.8, 4) is 11.5 Å². The van der Waals surface area contributed by atoms with Gasteiger partial charge >= 0.3 is 6.29 Å². The minimum Gasteiger partial charge on any atom is -0.461 e. The average Bonchev–Trinajstić information content (AvgIpc) is 3.21. The van der Waals surface area contributed by atoms with Gasteiger partial charge in [0, 0.05) is 18.8 Å². The average molecular weight is 398 g/mol. The Morgan fingerprint density at radius 3 is 2.81 bits per heavy atom. The number of anilines is 1. The molecule has 2 aromatic heterocycles. The Morgan fingerprint density at radius 2 is 2.04 bits per heavy atom. The van der Waals surface area contributed by atoms with Gasteiger partial charge in [-0.15, -0.1) is 8.78 Å². The summed E-state index contributed by atoms with van der Waals surface area (Å²) in [4.78, 5) is 26.0. The van der Waals surface area contributed by atoms with Crippen LogP contribution in [-0.4, -0.2) is 29.0 Å². The molecule has 0 saturated heterocycles. The van der Waals surface area contributed by atoms with E-state index in [9.17, 15) is 18.4 Å². The Hall–Kier alpha value is -3.14. The lowest BCUT2D eigenvalue weighted by atomic mass is 10.2. The molecule has 1 aliphatic rings. The fourth-order valence-electron chi connectivity index (χ4n) is 2.60. The van der Waals surface area contributed by atoms with Crippen LogP contribution < -0.4 is 19.9 Å². The minimum atomic E-state index is -3.75. The molecule has 27 heavy (non-hydrogen) atoms. The highest BCUT2D eigenvalue weighted by Crippen LogP contribution is 2.42. The van der Waals surface area contributed by atoms with Gasteiger partial charge in [0.25, 0.3) is 5.56 Å². The Balaban J connectivity index is 1.59. The van der Waals surface area contributed by atoms with E-state index in [0.29, 0.717) is 0 Å². The first-order chi connectivity index (χ1) is 12.7. The summed E-state index contributed by atoms with van der Waals surface area (Å²) in [7, 11) is 1.42. The van der Waals surface area contributed by atoms with Crippen LogP contribution in [0.25, 0.3) is 11.0 Å². The van der Waals surface area contributed by atoms with Gasteiger partial charge < -0.3 is 18.8 Å². The first-order valence-electron chi connectivity index (χ1n) is 7.55. The van der Waals surface area contributed by atoms with Crippen LogP contribution in [-0.2, 0) is 11.3 Å². The van der Waals surface area contributed by atoms with Crippen molar-refractivity contribution in [2.75, 3.05) is 11.9 Å². The monoisotopic (exact) mass is 397 g/mol. The van der Waals surface area contributed by atoms with E-state index in [2.05, 4.69) is 14.6 Å². The summed E-state index contributed by atoms with van der Waals surface area (Å²) in [6, 6.07) is 5.32. The number of carbonyl (C=O) groups excluding carboxylic acids is 1. The van der Waals surface area contributed by atoms with E-state index in [1.54, 1.807) is 0 Å². The SMILES string of the molecule is CN(C(=O)Cn1nc(Cl)c2occc2c1=O)c1ccc2c(c1)OC(F)(F)O2. The summed E-state index contributed by atoms with van der Waals surface area (Å²) in [5, 5.41) is 3.98. The number of ether oxygens (including phenoxy) is 2. The molecule has 140 valence electrons. The maximum atomic E-state index is 13.1. The number of alkyl halides is 2. The van der Waals surface area contributed by atoms with Crippen molar-refractivity contribution in [3.63, 3.8) is 0 Å². The largest absolute Gasteiger partial charge is 0.586 e. The van der Waals surface area contributed by atoms with Crippen LogP contribution in [0.1, 0.15) is 0 Å². The highest BCUT2D eigenvalue weighted by Gasteiger charge is 2.43. The van der Waals surface area contributed by atoms with Crippen molar-refractivity contribution < 1.29 is 27.5 Å². The molecule has 0 radical (unpaired) electrons. The van der Waals surface area contributed by atoms with Crippen molar-refractivity contribution in [1.29, 1.82) is 0 Å². The van der Waals surface area contributed by atoms with Gasteiger partial charge in [0.05, 0.1) is 11.6 Å². The molecule has 0 atom stereocenters. The van der Waals surface area contributed by atoms with Crippen LogP contribution in [0.5, 0.6) is 11.5 Å². The molecule has 3 heterocycles. The first kappa shape index (κ1) is 17.3. The zero-order chi connectivity index (χ0) is 19.3. The zero-order valence-corrected chi connectivity index (χ0v) is 14.4. The molecule has 0 N–H and O–H groups in total. The number of carbonyl (C=O) groups is 1. The second kappa shape index (κ2) is 5.95. The summed E-state index contributed by atoms with van der Waals surface area (Å²) < 4.78 is 40.9. The van der Waals surface area contributed by atoms with E-state index in [1.165, 1.54) is 42.5 Å². The molecule has 1 aromatic carbocycles. The standard InChI is InChI=1S/C16H10ClF2N3O5/c1-21(8-2-3-10-11(6-8)27-16(18,19)26-10)12(23)7-22-15(24)9-4-5-25-13(9)14(17)20-22/h2-6H,7H2,1H3. The number of furan rings is 1. The highest BCUT2D eigenvalue weighted by molar-refractivity contribution is 6.33. The number of likely N-dealkylation sites (N-methyl/N-ethyl adjacent to an activating group) is 1. The Morgan fingerprint density at radius 1 is 1.30 bits per heavy atom. The number of amides is 1. The molecule has 4 rings (SSSR count). The van der Waals surface area contributed by atoms with E-state index in [-0.39, 0.29) is 33.3 Å². The van der Waals surface area contributed by atoms with Gasteiger partial charge in [-0.1, -0.05) is 11.6 Å². The van der Waals surface area contributed by atoms with Gasteiger partial charge in [0.15, 0.2) is 22.2 Å². The zero-order valence-electron chi connectivity index (χ0n) is 13.6. The number of hydrogen-bond acceptors (Lipinski definition) is 6. The van der Waals surface area contributed by atoms with E-state index < -0.39 is 24.3 Å². The molecule has 0 fully saturated rings. The molecule has 0 saturated carbocycles. The summed E-state index contributed by atoms with van der Waals surface area (Å²) in [5.74, 6) is -0.871. The van der Waals surface area contributed by atoms with E-state index >= 15 is 0 Å². The van der Waals surface area contributed by atoms with Gasteiger partial charge in [-0.05, 0) is 18.2 Å². The summed E-state index contributed by atoms with van der Waals surface area (Å²) in [6.45, 7) is -0.416. The van der Waals surface area contributed by atoms with Crippen molar-refractivity contribution in [2.24, 2.45) is 0 Å². The molecule has 1 aliphatic heterocycles. The summed E-state index contributed by atoms with van der Waals surface area (Å²) in [5.41, 5.74) is -0.144. The molecule has 0 spiro atoms. The molecule has 8 nitrogen and oxygen atoms in total. The fraction of sp³-hybridized carbons (Fsp3) is 0.188. The molecule has 0 aliphatic carbocycles. The normalized spacial score (nSPS) is 14.5. The smallest absolute Gasteiger partial charge is 0.461 e. The Labute approximate surface area is 154 Å². The second-order valence-electron chi connectivity index (χ2n) is 5.67. The third-order valence-electron chi connectivity index (χ3n) is 3.96. The van der Waals surface area contributed by atoms with Crippen molar-refractivity contribution >= 4 is 34.2 Å². The van der Waals surface area contributed by atoms with Crippen LogP contribution in [0.2, 0.25) is 5.15 Å². The Kier molecular flexibility index (Phi) is 3.81. The lowest BCUT2D eigenvalue weighted by molar-refractivity contribution is -0.286. The predicted molar refractivity (Wildman–Crippen MR) is 89.3 cm³/mol. The number of aromatic nitrogens is 2. The quantitative estimate of drug-likeness (QED) is 0.675. The maximum absolute atomic E-state index is 13.1. The van der Waals surface area contributed by atoms with Crippen LogP contribution in [0.3, 0.4) is 0 Å². The number of benzene rings is 1. The van der Waals surface area contributed by atoms with Crippen molar-refractivity contribution in [1.82, 2.24) is 9.78 Å². The van der Waals surface area contributed by atoms with Crippen LogP contribution in [0.15, 0.2) is 39.7 Å². The number of hydrogen-bond donors (Lipinski definition) is 0. The van der Waals surface area contributed by atoms with Crippen molar-refractivity contribution in [2.45, 2.75) is 12.8 Å². The van der Waals surface area contributed by atoms with E-state index in [0.717, 1.165) is 4.68 Å². The van der Waals surface area contributed by atoms with Crippen LogP contribution in [0.4, 0.5) is 14.5 Å². The number of nitrogens with zero attached hydrogens (tertiary/aromatic N) is 3. The van der Waals surface area contributed by atoms with Crippen molar-refractivity contribution in [3.05, 3.63) is 46.0 Å². The van der Waals surface area contributed by atoms with E-state index in [1.807, 2.05) is 0 Å². The van der Waals surface area contributed by atoms with Gasteiger partial charge in [-0.3, -0.25) is 9.59 Å².